The molecule has 2 aromatic heterocycles. The minimum Gasteiger partial charge on any atom is -0.508 e. The highest BCUT2D eigenvalue weighted by molar-refractivity contribution is 8.00. The van der Waals surface area contributed by atoms with E-state index in [0.717, 1.165) is 29.3 Å². The Hall–Kier alpha value is -8.03. The zero-order chi connectivity index (χ0) is 61.2. The van der Waals surface area contributed by atoms with Gasteiger partial charge in [0.1, 0.15) is 22.4 Å². The molecule has 0 radical (unpaired) electrons. The molecule has 5 aromatic carbocycles. The van der Waals surface area contributed by atoms with E-state index in [9.17, 15) is 42.6 Å². The summed E-state index contributed by atoms with van der Waals surface area (Å²) in [6.45, 7) is 1.40. The Labute approximate surface area is 509 Å². The lowest BCUT2D eigenvalue weighted by Crippen LogP contribution is -2.47. The van der Waals surface area contributed by atoms with Crippen molar-refractivity contribution in [3.63, 3.8) is 0 Å². The van der Waals surface area contributed by atoms with E-state index >= 15 is 8.42 Å². The number of hydrogen-bond acceptors (Lipinski definition) is 15. The van der Waals surface area contributed by atoms with Crippen LogP contribution in [0.25, 0.3) is 10.9 Å². The number of aliphatic hydroxyl groups is 1. The standard InChI is InChI=1S/C63H70N10O11S3/c1-40-36-72(87(83,84)55-18-9-8-17-54(55)86(81,82)56-19-12-15-45-33-46(40)34-65-59(45)56)38-52(75)51(32-42-24-28-48(74)29-25-42)73-37-47(70-71-73)35-66-62(79)49(31-41-22-26-44(27-23-41)61(78)43-13-4-2-5-14-43)67-58(77)21-6-3-11-30-64-57(76)20-10-7-16-53-60-50(39-85-53)68-63(80)69-60/h2,4-5,8-9,12-15,17-19,22-29,33-34,37,40,49-53,60,74-75H,3,6-7,10-11,16,20-21,30-32,35-36,38-39H2,1H3,(H,64,76)(H,66,79)(H,67,77)(H2,68,69,80)/t40?,49-,50-,51-,52?,53-,60-/m0/s1. The summed E-state index contributed by atoms with van der Waals surface area (Å²) in [4.78, 5) is 68.8. The minimum absolute atomic E-state index is 0.0000522. The van der Waals surface area contributed by atoms with Gasteiger partial charge in [-0.2, -0.15) is 16.1 Å². The second kappa shape index (κ2) is 27.8. The van der Waals surface area contributed by atoms with Crippen LogP contribution in [0.1, 0.15) is 109 Å². The number of thioether (sulfide) groups is 1. The zero-order valence-corrected chi connectivity index (χ0v) is 50.4. The van der Waals surface area contributed by atoms with Gasteiger partial charge < -0.3 is 36.8 Å². The van der Waals surface area contributed by atoms with E-state index in [-0.39, 0.29) is 89.9 Å². The fraction of sp³-hybridized carbons (Fsp3) is 0.365. The normalized spacial score (nSPS) is 19.5. The van der Waals surface area contributed by atoms with Gasteiger partial charge in [-0.15, -0.1) is 5.10 Å². The predicted molar refractivity (Wildman–Crippen MR) is 327 cm³/mol. The molecule has 6 heterocycles. The zero-order valence-electron chi connectivity index (χ0n) is 48.0. The van der Waals surface area contributed by atoms with Gasteiger partial charge in [0.15, 0.2) is 5.78 Å². The fourth-order valence-electron chi connectivity index (χ4n) is 11.4. The van der Waals surface area contributed by atoms with E-state index < -0.39 is 66.2 Å². The number of unbranched alkanes of at least 4 members (excludes halogenated alkanes) is 3. The maximum absolute atomic E-state index is 15.0. The number of amides is 5. The average molecular weight is 1240 g/mol. The van der Waals surface area contributed by atoms with Gasteiger partial charge in [0, 0.05) is 72.6 Å². The number of sulfone groups is 1. The van der Waals surface area contributed by atoms with Crippen LogP contribution in [0.2, 0.25) is 0 Å². The van der Waals surface area contributed by atoms with Crippen molar-refractivity contribution < 1.29 is 51.0 Å². The molecule has 0 spiro atoms. The highest BCUT2D eigenvalue weighted by atomic mass is 32.2. The second-order valence-electron chi connectivity index (χ2n) is 22.4. The van der Waals surface area contributed by atoms with Crippen molar-refractivity contribution in [3.05, 3.63) is 173 Å². The third-order valence-corrected chi connectivity index (χ3v) is 21.5. The van der Waals surface area contributed by atoms with Crippen LogP contribution in [0, 0.1) is 0 Å². The molecule has 21 nitrogen and oxygen atoms in total. The maximum Gasteiger partial charge on any atom is 0.315 e. The first-order valence-electron chi connectivity index (χ1n) is 29.2. The van der Waals surface area contributed by atoms with Gasteiger partial charge in [0.05, 0.1) is 52.3 Å². The fourth-order valence-corrected chi connectivity index (χ4v) is 16.7. The number of sulfonamides is 1. The summed E-state index contributed by atoms with van der Waals surface area (Å²) in [6, 6.07) is 31.9. The van der Waals surface area contributed by atoms with Crippen LogP contribution < -0.4 is 26.6 Å². The molecule has 4 aliphatic heterocycles. The largest absolute Gasteiger partial charge is 0.508 e. The molecule has 0 aliphatic carbocycles. The molecular weight excluding hydrogens is 1170 g/mol. The topological polar surface area (TPSA) is 301 Å². The van der Waals surface area contributed by atoms with Gasteiger partial charge in [-0.1, -0.05) is 116 Å². The van der Waals surface area contributed by atoms with Crippen LogP contribution >= 0.6 is 11.8 Å². The molecule has 0 saturated carbocycles. The summed E-state index contributed by atoms with van der Waals surface area (Å²) < 4.78 is 61.4. The second-order valence-corrected chi connectivity index (χ2v) is 27.5. The first-order chi connectivity index (χ1) is 41.9. The molecule has 7 atom stereocenters. The molecular formula is C63H70N10O11S3. The molecule has 456 valence electrons. The van der Waals surface area contributed by atoms with Gasteiger partial charge in [-0.05, 0) is 91.1 Å². The van der Waals surface area contributed by atoms with Gasteiger partial charge >= 0.3 is 6.03 Å². The van der Waals surface area contributed by atoms with Crippen molar-refractivity contribution in [1.82, 2.24) is 50.9 Å². The number of pyridine rings is 1. The van der Waals surface area contributed by atoms with E-state index in [1.807, 2.05) is 24.8 Å². The Balaban J connectivity index is 0.802. The summed E-state index contributed by atoms with van der Waals surface area (Å²) in [7, 11) is -9.14. The summed E-state index contributed by atoms with van der Waals surface area (Å²) in [5, 5.41) is 46.8. The van der Waals surface area contributed by atoms with Crippen LogP contribution in [-0.4, -0.2) is 136 Å². The summed E-state index contributed by atoms with van der Waals surface area (Å²) in [5.41, 5.74) is 3.39. The quantitative estimate of drug-likeness (QED) is 0.0188. The number of urea groups is 1. The van der Waals surface area contributed by atoms with Crippen molar-refractivity contribution in [2.24, 2.45) is 0 Å². The number of rotatable bonds is 25. The number of nitrogens with zero attached hydrogens (tertiary/aromatic N) is 5. The van der Waals surface area contributed by atoms with Crippen LogP contribution in [0.15, 0.2) is 154 Å². The molecule has 7 N–H and O–H groups in total. The monoisotopic (exact) mass is 1240 g/mol. The Morgan fingerprint density at radius 3 is 2.23 bits per heavy atom. The van der Waals surface area contributed by atoms with Crippen molar-refractivity contribution >= 4 is 72.1 Å². The number of carbonyl (C=O) groups is 5. The molecule has 2 fully saturated rings. The SMILES string of the molecule is CC1CN(CC(O)[C@H](Cc2ccc(O)cc2)n2cc(CNC(=O)[C@H](Cc3ccc(C(=O)c4ccccc4)cc3)NC(=O)CCCCCNC(=O)CCCC[C@@H]3SC[C@@H]4NC(=O)N[C@@H]43)nn2)S(=O)(=O)c2ccccc2S(=O)(=O)c2cccc3cc1cnc23. The maximum atomic E-state index is 15.0. The molecule has 24 heteroatoms. The van der Waals surface area contributed by atoms with Crippen LogP contribution in [0.5, 0.6) is 5.75 Å². The van der Waals surface area contributed by atoms with Crippen molar-refractivity contribution in [2.75, 3.05) is 25.4 Å². The number of aliphatic hydroxyl groups excluding tert-OH is 1. The lowest BCUT2D eigenvalue weighted by molar-refractivity contribution is -0.129. The van der Waals surface area contributed by atoms with E-state index in [1.165, 1.54) is 59.5 Å². The van der Waals surface area contributed by atoms with Gasteiger partial charge in [0.25, 0.3) is 0 Å². The number of aromatic hydroxyl groups is 1. The number of carbonyl (C=O) groups excluding carboxylic acids is 5. The molecule has 2 saturated heterocycles. The summed E-state index contributed by atoms with van der Waals surface area (Å²) in [6.07, 6.45) is 6.54. The van der Waals surface area contributed by atoms with E-state index in [2.05, 4.69) is 41.9 Å². The lowest BCUT2D eigenvalue weighted by atomic mass is 9.99. The molecule has 4 aliphatic rings. The molecule has 4 bridgehead atoms. The van der Waals surface area contributed by atoms with Crippen LogP contribution in [0.4, 0.5) is 4.79 Å². The number of ketones is 1. The molecule has 2 unspecified atom stereocenters. The molecule has 11 rings (SSSR count). The Morgan fingerprint density at radius 2 is 1.45 bits per heavy atom. The van der Waals surface area contributed by atoms with Gasteiger partial charge in [-0.3, -0.25) is 24.2 Å². The van der Waals surface area contributed by atoms with Crippen LogP contribution in [0.3, 0.4) is 0 Å². The average Bonchev–Trinajstić information content (AvgIpc) is 1.88. The third-order valence-electron chi connectivity index (χ3n) is 16.2. The first kappa shape index (κ1) is 62.0. The Morgan fingerprint density at radius 1 is 0.759 bits per heavy atom. The number of fused-ring (bicyclic) bond motifs is 5. The number of nitrogens with one attached hydrogen (secondary N) is 5. The number of aromatic nitrogens is 4. The van der Waals surface area contributed by atoms with Gasteiger partial charge in [-0.25, -0.2) is 26.3 Å². The first-order valence-corrected chi connectivity index (χ1v) is 33.2. The minimum atomic E-state index is -4.67. The van der Waals surface area contributed by atoms with Gasteiger partial charge in [0.2, 0.25) is 37.6 Å². The number of benzene rings is 5. The third kappa shape index (κ3) is 15.0. The Bertz CT molecular complexity index is 3850. The number of hydrogen-bond donors (Lipinski definition) is 7. The smallest absolute Gasteiger partial charge is 0.315 e. The van der Waals surface area contributed by atoms with E-state index in [1.54, 1.807) is 78.9 Å². The predicted octanol–water partition coefficient (Wildman–Crippen LogP) is 6.29. The summed E-state index contributed by atoms with van der Waals surface area (Å²) >= 11 is 1.85. The summed E-state index contributed by atoms with van der Waals surface area (Å²) in [5.74, 6) is -0.708. The van der Waals surface area contributed by atoms with Crippen LogP contribution in [-0.2, 0) is 53.6 Å². The number of para-hydroxylation sites is 1. The van der Waals surface area contributed by atoms with Crippen molar-refractivity contribution in [2.45, 2.75) is 134 Å². The number of phenolic OH excluding ortho intramolecular Hbond substituents is 1. The highest BCUT2D eigenvalue weighted by Crippen LogP contribution is 2.37. The molecule has 7 aromatic rings. The number of phenols is 1. The lowest BCUT2D eigenvalue weighted by Gasteiger charge is -2.31. The highest BCUT2D eigenvalue weighted by Gasteiger charge is 2.43. The van der Waals surface area contributed by atoms with Crippen molar-refractivity contribution in [1.29, 1.82) is 0 Å². The van der Waals surface area contributed by atoms with E-state index in [0.29, 0.717) is 70.7 Å². The molecule has 5 amide bonds. The van der Waals surface area contributed by atoms with E-state index in [4.69, 9.17) is 0 Å². The van der Waals surface area contributed by atoms with Crippen molar-refractivity contribution in [3.8, 4) is 5.75 Å². The molecule has 87 heavy (non-hydrogen) atoms. The Kier molecular flexibility index (Phi) is 19.8.